The second-order valence-electron chi connectivity index (χ2n) is 5.20. The van der Waals surface area contributed by atoms with Crippen molar-refractivity contribution in [3.63, 3.8) is 0 Å². The molecule has 0 aromatic carbocycles. The molecule has 0 aromatic heterocycles. The Morgan fingerprint density at radius 2 is 2.12 bits per heavy atom. The maximum atomic E-state index is 11.8. The topological polar surface area (TPSA) is 52.6 Å². The minimum Gasteiger partial charge on any atom is -0.459 e. The molecule has 1 aliphatic heterocycles. The Kier molecular flexibility index (Phi) is 2.45. The molecular weight excluding hydrogens is 220 g/mol. The summed E-state index contributed by atoms with van der Waals surface area (Å²) in [5, 5.41) is 0. The van der Waals surface area contributed by atoms with E-state index in [2.05, 4.69) is 6.58 Å². The van der Waals surface area contributed by atoms with Crippen molar-refractivity contribution < 1.29 is 19.1 Å². The van der Waals surface area contributed by atoms with Gasteiger partial charge in [0.1, 0.15) is 6.10 Å². The lowest BCUT2D eigenvalue weighted by Crippen LogP contribution is -2.41. The fourth-order valence-corrected chi connectivity index (χ4v) is 3.81. The predicted molar refractivity (Wildman–Crippen MR) is 58.9 cm³/mol. The normalized spacial score (nSPS) is 42.8. The number of ether oxygens (including phenoxy) is 2. The van der Waals surface area contributed by atoms with Gasteiger partial charge in [-0.1, -0.05) is 13.0 Å². The number of carbonyl (C=O) groups is 2. The van der Waals surface area contributed by atoms with Crippen molar-refractivity contribution in [2.45, 2.75) is 37.9 Å². The lowest BCUT2D eigenvalue weighted by atomic mass is 9.88. The zero-order chi connectivity index (χ0) is 12.0. The van der Waals surface area contributed by atoms with Crippen molar-refractivity contribution in [2.24, 2.45) is 17.8 Å². The molecule has 92 valence electrons. The second-order valence-corrected chi connectivity index (χ2v) is 5.20. The van der Waals surface area contributed by atoms with Crippen molar-refractivity contribution in [1.82, 2.24) is 0 Å². The summed E-state index contributed by atoms with van der Waals surface area (Å²) in [6, 6.07) is 0. The van der Waals surface area contributed by atoms with Crippen LogP contribution in [0.2, 0.25) is 0 Å². The second kappa shape index (κ2) is 3.86. The summed E-state index contributed by atoms with van der Waals surface area (Å²) in [5.74, 6) is 0.255. The lowest BCUT2D eigenvalue weighted by molar-refractivity contribution is -0.179. The Hall–Kier alpha value is -1.32. The van der Waals surface area contributed by atoms with Gasteiger partial charge in [0.05, 0.1) is 0 Å². The van der Waals surface area contributed by atoms with Gasteiger partial charge in [0.15, 0.2) is 0 Å². The van der Waals surface area contributed by atoms with Crippen molar-refractivity contribution in [1.29, 1.82) is 0 Å². The number of rotatable bonds is 2. The SMILES string of the molecule is C=CC(=O)OC1C(=O)OC2CC1C1CCCC21. The molecular formula is C13H16O4. The fraction of sp³-hybridized carbons (Fsp3) is 0.692. The molecule has 0 radical (unpaired) electrons. The maximum Gasteiger partial charge on any atom is 0.348 e. The van der Waals surface area contributed by atoms with Gasteiger partial charge in [-0.15, -0.1) is 0 Å². The van der Waals surface area contributed by atoms with Gasteiger partial charge in [-0.05, 0) is 31.1 Å². The Morgan fingerprint density at radius 3 is 2.88 bits per heavy atom. The number of hydrogen-bond donors (Lipinski definition) is 0. The van der Waals surface area contributed by atoms with Gasteiger partial charge in [0.2, 0.25) is 6.10 Å². The van der Waals surface area contributed by atoms with Crippen LogP contribution in [0.5, 0.6) is 0 Å². The molecule has 4 heteroatoms. The highest BCUT2D eigenvalue weighted by Gasteiger charge is 2.56. The van der Waals surface area contributed by atoms with Gasteiger partial charge in [-0.25, -0.2) is 9.59 Å². The summed E-state index contributed by atoms with van der Waals surface area (Å²) in [5.41, 5.74) is 0. The average Bonchev–Trinajstić information content (AvgIpc) is 2.88. The van der Waals surface area contributed by atoms with Crippen LogP contribution in [0, 0.1) is 17.8 Å². The summed E-state index contributed by atoms with van der Waals surface area (Å²) in [4.78, 5) is 23.0. The third-order valence-corrected chi connectivity index (χ3v) is 4.46. The molecule has 0 N–H and O–H groups in total. The van der Waals surface area contributed by atoms with Crippen LogP contribution in [-0.2, 0) is 19.1 Å². The summed E-state index contributed by atoms with van der Waals surface area (Å²) in [6.07, 6.45) is 4.79. The zero-order valence-corrected chi connectivity index (χ0v) is 9.63. The van der Waals surface area contributed by atoms with Crippen LogP contribution in [0.1, 0.15) is 25.7 Å². The van der Waals surface area contributed by atoms with Crippen LogP contribution in [0.4, 0.5) is 0 Å². The molecule has 0 aromatic rings. The third kappa shape index (κ3) is 1.58. The molecule has 2 saturated carbocycles. The van der Waals surface area contributed by atoms with Gasteiger partial charge in [0.25, 0.3) is 0 Å². The highest BCUT2D eigenvalue weighted by atomic mass is 16.6. The molecule has 2 bridgehead atoms. The molecule has 0 spiro atoms. The molecule has 2 aliphatic carbocycles. The molecule has 5 atom stereocenters. The van der Waals surface area contributed by atoms with Gasteiger partial charge < -0.3 is 9.47 Å². The van der Waals surface area contributed by atoms with Crippen molar-refractivity contribution in [3.8, 4) is 0 Å². The number of esters is 2. The van der Waals surface area contributed by atoms with E-state index < -0.39 is 12.1 Å². The molecule has 5 unspecified atom stereocenters. The molecule has 3 fully saturated rings. The highest BCUT2D eigenvalue weighted by Crippen LogP contribution is 2.53. The average molecular weight is 236 g/mol. The number of fused-ring (bicyclic) bond motifs is 5. The van der Waals surface area contributed by atoms with Crippen LogP contribution in [0.25, 0.3) is 0 Å². The summed E-state index contributed by atoms with van der Waals surface area (Å²) < 4.78 is 10.6. The van der Waals surface area contributed by atoms with E-state index >= 15 is 0 Å². The molecule has 17 heavy (non-hydrogen) atoms. The first-order valence-electron chi connectivity index (χ1n) is 6.24. The molecule has 0 amide bonds. The largest absolute Gasteiger partial charge is 0.459 e. The van der Waals surface area contributed by atoms with Crippen molar-refractivity contribution >= 4 is 11.9 Å². The van der Waals surface area contributed by atoms with E-state index in [-0.39, 0.29) is 18.0 Å². The standard InChI is InChI=1S/C13H16O4/c1-2-11(14)17-12-9-6-10(16-13(12)15)8-5-3-4-7(8)9/h2,7-10,12H,1,3-6H2. The van der Waals surface area contributed by atoms with E-state index in [0.29, 0.717) is 11.8 Å². The quantitative estimate of drug-likeness (QED) is 0.538. The Morgan fingerprint density at radius 1 is 1.35 bits per heavy atom. The van der Waals surface area contributed by atoms with E-state index in [1.165, 1.54) is 6.42 Å². The van der Waals surface area contributed by atoms with Gasteiger partial charge in [-0.3, -0.25) is 0 Å². The highest BCUT2D eigenvalue weighted by molar-refractivity contribution is 5.85. The number of carbonyl (C=O) groups excluding carboxylic acids is 2. The lowest BCUT2D eigenvalue weighted by Gasteiger charge is -2.29. The molecule has 4 nitrogen and oxygen atoms in total. The first-order valence-corrected chi connectivity index (χ1v) is 6.24. The van der Waals surface area contributed by atoms with Crippen LogP contribution in [0.15, 0.2) is 12.7 Å². The summed E-state index contributed by atoms with van der Waals surface area (Å²) in [6.45, 7) is 3.35. The van der Waals surface area contributed by atoms with E-state index in [0.717, 1.165) is 25.3 Å². The minimum atomic E-state index is -0.704. The maximum absolute atomic E-state index is 11.8. The molecule has 1 saturated heterocycles. The van der Waals surface area contributed by atoms with Crippen LogP contribution in [0.3, 0.4) is 0 Å². The zero-order valence-electron chi connectivity index (χ0n) is 9.63. The Bertz CT molecular complexity index is 376. The van der Waals surface area contributed by atoms with Crippen molar-refractivity contribution in [2.75, 3.05) is 0 Å². The smallest absolute Gasteiger partial charge is 0.348 e. The molecule has 1 heterocycles. The fourth-order valence-electron chi connectivity index (χ4n) is 3.81. The van der Waals surface area contributed by atoms with Crippen molar-refractivity contribution in [3.05, 3.63) is 12.7 Å². The van der Waals surface area contributed by atoms with Gasteiger partial charge in [-0.2, -0.15) is 0 Å². The van der Waals surface area contributed by atoms with Crippen LogP contribution >= 0.6 is 0 Å². The first kappa shape index (κ1) is 10.8. The third-order valence-electron chi connectivity index (χ3n) is 4.46. The van der Waals surface area contributed by atoms with E-state index in [1.807, 2.05) is 0 Å². The van der Waals surface area contributed by atoms with Crippen LogP contribution < -0.4 is 0 Å². The number of hydrogen-bond acceptors (Lipinski definition) is 4. The summed E-state index contributed by atoms with van der Waals surface area (Å²) >= 11 is 0. The molecule has 3 aliphatic rings. The van der Waals surface area contributed by atoms with E-state index in [1.54, 1.807) is 0 Å². The first-order chi connectivity index (χ1) is 8.20. The van der Waals surface area contributed by atoms with E-state index in [4.69, 9.17) is 9.47 Å². The Labute approximate surface area is 100.0 Å². The molecule has 3 rings (SSSR count). The Balaban J connectivity index is 1.81. The monoisotopic (exact) mass is 236 g/mol. The predicted octanol–water partition coefficient (Wildman–Crippen LogP) is 1.45. The van der Waals surface area contributed by atoms with Gasteiger partial charge >= 0.3 is 11.9 Å². The van der Waals surface area contributed by atoms with Crippen LogP contribution in [-0.4, -0.2) is 24.1 Å². The van der Waals surface area contributed by atoms with Gasteiger partial charge in [0, 0.05) is 12.0 Å². The summed E-state index contributed by atoms with van der Waals surface area (Å²) in [7, 11) is 0. The minimum absolute atomic E-state index is 0.0682. The van der Waals surface area contributed by atoms with E-state index in [9.17, 15) is 9.59 Å².